The van der Waals surface area contributed by atoms with Crippen LogP contribution in [0.1, 0.15) is 36.1 Å². The fraction of sp³-hybridized carbons (Fsp3) is 0.278. The number of hydrogen-bond donors (Lipinski definition) is 1. The summed E-state index contributed by atoms with van der Waals surface area (Å²) in [7, 11) is 0. The minimum atomic E-state index is -0.00560. The fourth-order valence-corrected chi connectivity index (χ4v) is 5.63. The topological polar surface area (TPSA) is 55.1 Å². The lowest BCUT2D eigenvalue weighted by molar-refractivity contribution is 0.601. The molecule has 3 aromatic heterocycles. The van der Waals surface area contributed by atoms with Crippen molar-refractivity contribution in [2.75, 3.05) is 0 Å². The quantitative estimate of drug-likeness (QED) is 0.512. The fourth-order valence-electron chi connectivity index (χ4n) is 3.90. The minimum absolute atomic E-state index is 0.00560. The average molecular weight is 368 g/mol. The van der Waals surface area contributed by atoms with Crippen molar-refractivity contribution in [3.8, 4) is 5.69 Å². The SMILES string of the molecule is CC1CCCc2sc3c(c21)c(=O)n(-c1ccccc1)c1n[nH]c(=S)n31. The Bertz CT molecular complexity index is 1230. The molecule has 0 saturated carbocycles. The normalized spacial score (nSPS) is 17.2. The van der Waals surface area contributed by atoms with Gasteiger partial charge in [0.1, 0.15) is 4.83 Å². The van der Waals surface area contributed by atoms with E-state index in [2.05, 4.69) is 17.1 Å². The van der Waals surface area contributed by atoms with Crippen LogP contribution in [0.2, 0.25) is 0 Å². The van der Waals surface area contributed by atoms with Crippen LogP contribution in [0.4, 0.5) is 0 Å². The smallest absolute Gasteiger partial charge is 0.268 e. The number of rotatable bonds is 1. The number of aromatic amines is 1. The molecule has 4 aromatic rings. The molecule has 5 rings (SSSR count). The lowest BCUT2D eigenvalue weighted by Gasteiger charge is -2.18. The highest BCUT2D eigenvalue weighted by Crippen LogP contribution is 2.41. The van der Waals surface area contributed by atoms with Gasteiger partial charge >= 0.3 is 0 Å². The van der Waals surface area contributed by atoms with E-state index in [1.807, 2.05) is 34.7 Å². The van der Waals surface area contributed by atoms with Crippen LogP contribution in [0, 0.1) is 4.77 Å². The minimum Gasteiger partial charge on any atom is -0.268 e. The summed E-state index contributed by atoms with van der Waals surface area (Å²) < 4.78 is 4.11. The van der Waals surface area contributed by atoms with E-state index >= 15 is 0 Å². The van der Waals surface area contributed by atoms with E-state index in [4.69, 9.17) is 12.2 Å². The second kappa shape index (κ2) is 5.37. The molecule has 0 amide bonds. The summed E-state index contributed by atoms with van der Waals surface area (Å²) in [5, 5.41) is 8.01. The Labute approximate surface area is 152 Å². The summed E-state index contributed by atoms with van der Waals surface area (Å²) in [6, 6.07) is 9.64. The van der Waals surface area contributed by atoms with Gasteiger partial charge in [-0.3, -0.25) is 4.79 Å². The Morgan fingerprint density at radius 1 is 1.32 bits per heavy atom. The molecule has 0 radical (unpaired) electrons. The largest absolute Gasteiger partial charge is 0.268 e. The number of aromatic nitrogens is 4. The van der Waals surface area contributed by atoms with Crippen molar-refractivity contribution in [2.45, 2.75) is 32.1 Å². The van der Waals surface area contributed by atoms with Crippen molar-refractivity contribution in [3.05, 3.63) is 55.9 Å². The number of aryl methyl sites for hydroxylation is 1. The molecule has 7 heteroatoms. The Kier molecular flexibility index (Phi) is 3.23. The molecule has 1 aliphatic carbocycles. The van der Waals surface area contributed by atoms with Crippen LogP contribution < -0.4 is 5.56 Å². The number of fused-ring (bicyclic) bond motifs is 5. The van der Waals surface area contributed by atoms with Gasteiger partial charge in [0.05, 0.1) is 11.1 Å². The second-order valence-corrected chi connectivity index (χ2v) is 8.02. The summed E-state index contributed by atoms with van der Waals surface area (Å²) in [6.07, 6.45) is 3.34. The zero-order chi connectivity index (χ0) is 17.1. The molecule has 3 heterocycles. The van der Waals surface area contributed by atoms with Gasteiger partial charge in [-0.05, 0) is 55.1 Å². The first kappa shape index (κ1) is 15.0. The molecule has 126 valence electrons. The first-order valence-electron chi connectivity index (χ1n) is 8.39. The van der Waals surface area contributed by atoms with Gasteiger partial charge in [-0.25, -0.2) is 14.1 Å². The number of hydrogen-bond acceptors (Lipinski definition) is 4. The third-order valence-corrected chi connectivity index (χ3v) is 6.55. The maximum absolute atomic E-state index is 13.5. The van der Waals surface area contributed by atoms with Crippen molar-refractivity contribution in [1.29, 1.82) is 0 Å². The molecule has 0 bridgehead atoms. The molecular formula is C18H16N4OS2. The third-order valence-electron chi connectivity index (χ3n) is 5.03. The van der Waals surface area contributed by atoms with Crippen LogP contribution in [0.15, 0.2) is 35.1 Å². The van der Waals surface area contributed by atoms with Crippen molar-refractivity contribution in [2.24, 2.45) is 0 Å². The molecule has 25 heavy (non-hydrogen) atoms. The van der Waals surface area contributed by atoms with E-state index in [0.717, 1.165) is 28.7 Å². The molecule has 1 N–H and O–H groups in total. The van der Waals surface area contributed by atoms with E-state index in [1.54, 1.807) is 15.9 Å². The van der Waals surface area contributed by atoms with Gasteiger partial charge in [-0.1, -0.05) is 25.1 Å². The number of para-hydroxylation sites is 1. The zero-order valence-electron chi connectivity index (χ0n) is 13.7. The number of H-pyrrole nitrogens is 1. The van der Waals surface area contributed by atoms with Crippen LogP contribution in [-0.2, 0) is 6.42 Å². The van der Waals surface area contributed by atoms with Crippen LogP contribution in [0.25, 0.3) is 21.7 Å². The standard InChI is InChI=1S/C18H16N4OS2/c1-10-6-5-9-12-13(10)14-15(23)21(11-7-3-2-4-8-11)17-19-20-18(24)22(17)16(14)25-12/h2-4,7-8,10H,5-6,9H2,1H3,(H,20,24). The van der Waals surface area contributed by atoms with Gasteiger partial charge < -0.3 is 0 Å². The Morgan fingerprint density at radius 3 is 2.92 bits per heavy atom. The number of nitrogens with one attached hydrogen (secondary N) is 1. The van der Waals surface area contributed by atoms with E-state index in [9.17, 15) is 4.79 Å². The van der Waals surface area contributed by atoms with Gasteiger partial charge in [0.2, 0.25) is 10.5 Å². The van der Waals surface area contributed by atoms with Gasteiger partial charge in [0.25, 0.3) is 5.56 Å². The molecular weight excluding hydrogens is 352 g/mol. The Balaban J connectivity index is 2.04. The van der Waals surface area contributed by atoms with Crippen LogP contribution in [-0.4, -0.2) is 19.2 Å². The van der Waals surface area contributed by atoms with Gasteiger partial charge in [0, 0.05) is 4.88 Å². The number of thiophene rings is 1. The highest BCUT2D eigenvalue weighted by atomic mass is 32.1. The molecule has 1 aliphatic rings. The van der Waals surface area contributed by atoms with Gasteiger partial charge in [-0.2, -0.15) is 0 Å². The predicted octanol–water partition coefficient (Wildman–Crippen LogP) is 4.20. The second-order valence-electron chi connectivity index (χ2n) is 6.55. The molecule has 1 unspecified atom stereocenters. The molecule has 1 atom stereocenters. The average Bonchev–Trinajstić information content (AvgIpc) is 3.18. The van der Waals surface area contributed by atoms with E-state index < -0.39 is 0 Å². The molecule has 0 aliphatic heterocycles. The first-order chi connectivity index (χ1) is 12.2. The van der Waals surface area contributed by atoms with E-state index in [0.29, 0.717) is 16.5 Å². The van der Waals surface area contributed by atoms with E-state index in [-0.39, 0.29) is 5.56 Å². The zero-order valence-corrected chi connectivity index (χ0v) is 15.3. The maximum atomic E-state index is 13.5. The molecule has 0 spiro atoms. The summed E-state index contributed by atoms with van der Waals surface area (Å²) in [4.78, 5) is 15.7. The predicted molar refractivity (Wildman–Crippen MR) is 103 cm³/mol. The summed E-state index contributed by atoms with van der Waals surface area (Å²) in [5.74, 6) is 0.938. The molecule has 5 nitrogen and oxygen atoms in total. The maximum Gasteiger partial charge on any atom is 0.268 e. The molecule has 1 aromatic carbocycles. The van der Waals surface area contributed by atoms with Crippen molar-refractivity contribution < 1.29 is 0 Å². The van der Waals surface area contributed by atoms with Crippen molar-refractivity contribution in [3.63, 3.8) is 0 Å². The van der Waals surface area contributed by atoms with Crippen LogP contribution in [0.5, 0.6) is 0 Å². The summed E-state index contributed by atoms with van der Waals surface area (Å²) >= 11 is 7.17. The van der Waals surface area contributed by atoms with E-state index in [1.165, 1.54) is 16.9 Å². The monoisotopic (exact) mass is 368 g/mol. The van der Waals surface area contributed by atoms with Crippen LogP contribution in [0.3, 0.4) is 0 Å². The first-order valence-corrected chi connectivity index (χ1v) is 9.62. The number of nitrogens with zero attached hydrogens (tertiary/aromatic N) is 3. The highest BCUT2D eigenvalue weighted by Gasteiger charge is 2.27. The number of benzene rings is 1. The lowest BCUT2D eigenvalue weighted by atomic mass is 9.88. The summed E-state index contributed by atoms with van der Waals surface area (Å²) in [6.45, 7) is 2.22. The Hall–Kier alpha value is -2.25. The van der Waals surface area contributed by atoms with Gasteiger partial charge in [0.15, 0.2) is 0 Å². The third kappa shape index (κ3) is 2.02. The highest BCUT2D eigenvalue weighted by molar-refractivity contribution is 7.71. The Morgan fingerprint density at radius 2 is 2.12 bits per heavy atom. The lowest BCUT2D eigenvalue weighted by Crippen LogP contribution is -2.22. The van der Waals surface area contributed by atoms with Crippen LogP contribution >= 0.6 is 23.6 Å². The summed E-state index contributed by atoms with van der Waals surface area (Å²) in [5.41, 5.74) is 2.01. The van der Waals surface area contributed by atoms with Crippen molar-refractivity contribution >= 4 is 39.5 Å². The molecule has 0 saturated heterocycles. The van der Waals surface area contributed by atoms with Crippen molar-refractivity contribution in [1.82, 2.24) is 19.2 Å². The molecule has 0 fully saturated rings. The van der Waals surface area contributed by atoms with Gasteiger partial charge in [-0.15, -0.1) is 16.4 Å².